The first-order chi connectivity index (χ1) is 26.8. The molecule has 0 saturated heterocycles. The van der Waals surface area contributed by atoms with E-state index in [1.54, 1.807) is 37.2 Å². The zero-order valence-electron chi connectivity index (χ0n) is 31.7. The highest BCUT2D eigenvalue weighted by molar-refractivity contribution is 7.89. The van der Waals surface area contributed by atoms with E-state index in [1.807, 2.05) is 6.92 Å². The Morgan fingerprint density at radius 1 is 1.05 bits per heavy atom. The van der Waals surface area contributed by atoms with Gasteiger partial charge in [0, 0.05) is 61.3 Å². The minimum absolute atomic E-state index is 0.0578. The second-order valence-corrected chi connectivity index (χ2v) is 16.5. The summed E-state index contributed by atoms with van der Waals surface area (Å²) < 4.78 is 27.5. The maximum absolute atomic E-state index is 14.3. The van der Waals surface area contributed by atoms with Gasteiger partial charge in [-0.25, -0.2) is 8.42 Å². The maximum atomic E-state index is 14.3. The number of nitrogens with one attached hydrogen (secondary N) is 2. The molecule has 17 heteroatoms. The number of amides is 2. The van der Waals surface area contributed by atoms with Gasteiger partial charge in [-0.05, 0) is 69.6 Å². The Balaban J connectivity index is 1.26. The van der Waals surface area contributed by atoms with Crippen LogP contribution in [0.5, 0.6) is 5.75 Å². The number of aryl methyl sites for hydroxylation is 1. The van der Waals surface area contributed by atoms with Crippen LogP contribution in [0.25, 0.3) is 5.76 Å². The fourth-order valence-corrected chi connectivity index (χ4v) is 8.79. The number of nitrogens with zero attached hydrogens (tertiary/aromatic N) is 3. The monoisotopic (exact) mass is 798 g/mol. The van der Waals surface area contributed by atoms with Crippen LogP contribution in [0.4, 0.5) is 5.69 Å². The third-order valence-electron chi connectivity index (χ3n) is 10.6. The number of primary amides is 1. The van der Waals surface area contributed by atoms with E-state index < -0.39 is 79.7 Å². The van der Waals surface area contributed by atoms with E-state index in [-0.39, 0.29) is 53.1 Å². The van der Waals surface area contributed by atoms with Gasteiger partial charge in [0.15, 0.2) is 11.4 Å². The number of anilines is 1. The first kappa shape index (κ1) is 40.6. The Bertz CT molecular complexity index is 2470. The van der Waals surface area contributed by atoms with Crippen LogP contribution in [0.1, 0.15) is 44.6 Å². The van der Waals surface area contributed by atoms with Crippen LogP contribution in [-0.2, 0) is 37.4 Å². The van der Waals surface area contributed by atoms with Crippen molar-refractivity contribution in [3.05, 3.63) is 99.1 Å². The molecular weight excluding hydrogens is 757 g/mol. The molecule has 2 amide bonds. The van der Waals surface area contributed by atoms with E-state index in [0.29, 0.717) is 16.8 Å². The molecule has 0 spiro atoms. The molecule has 3 aromatic rings. The number of rotatable bonds is 9. The summed E-state index contributed by atoms with van der Waals surface area (Å²) in [4.78, 5) is 60.6. The molecule has 16 nitrogen and oxygen atoms in total. The highest BCUT2D eigenvalue weighted by Crippen LogP contribution is 2.54. The van der Waals surface area contributed by atoms with Gasteiger partial charge in [0.1, 0.15) is 22.8 Å². The number of aromatic nitrogens is 1. The quantitative estimate of drug-likeness (QED) is 0.118. The molecule has 0 radical (unpaired) electrons. The number of benzene rings is 2. The predicted molar refractivity (Wildman–Crippen MR) is 207 cm³/mol. The Hall–Kier alpha value is -6.06. The van der Waals surface area contributed by atoms with Crippen LogP contribution in [0, 0.1) is 30.6 Å². The number of hydrogen-bond acceptors (Lipinski definition) is 13. The van der Waals surface area contributed by atoms with E-state index >= 15 is 0 Å². The molecule has 57 heavy (non-hydrogen) atoms. The molecule has 0 bridgehead atoms. The second-order valence-electron chi connectivity index (χ2n) is 14.7. The summed E-state index contributed by atoms with van der Waals surface area (Å²) in [6, 6.07) is 8.23. The van der Waals surface area contributed by atoms with E-state index in [0.717, 1.165) is 5.56 Å². The summed E-state index contributed by atoms with van der Waals surface area (Å²) in [5.41, 5.74) is 3.86. The summed E-state index contributed by atoms with van der Waals surface area (Å²) in [5.74, 6) is -2.66. The number of aliphatic hydroxyl groups excluding tert-OH is 2. The first-order valence-electron chi connectivity index (χ1n) is 17.8. The second kappa shape index (κ2) is 15.1. The summed E-state index contributed by atoms with van der Waals surface area (Å²) in [7, 11) is 2.74. The highest BCUT2D eigenvalue weighted by Gasteiger charge is 2.64. The minimum Gasteiger partial charge on any atom is -0.508 e. The van der Waals surface area contributed by atoms with Gasteiger partial charge in [-0.2, -0.15) is 4.72 Å². The van der Waals surface area contributed by atoms with Crippen molar-refractivity contribution < 1.29 is 48.0 Å². The lowest BCUT2D eigenvalue weighted by Crippen LogP contribution is -2.65. The molecule has 0 aliphatic heterocycles. The molecule has 3 aliphatic rings. The van der Waals surface area contributed by atoms with E-state index in [4.69, 9.17) is 5.73 Å². The van der Waals surface area contributed by atoms with Gasteiger partial charge in [0.2, 0.25) is 15.8 Å². The SMILES string of the molecule is Cc1ccc(S(=O)(=O)NCC#Cc2cncc(C(=O)NCc3cc(N(C)C)c4c(c3O)C(O)=C3C(=O)[C@]5(O)C(O)=C(C(N)=O)C(=O)[C@@H](N(C)C)C5CC3C4)c2)cc1. The van der Waals surface area contributed by atoms with Crippen molar-refractivity contribution in [3.8, 4) is 17.6 Å². The van der Waals surface area contributed by atoms with Crippen LogP contribution in [0.15, 0.2) is 70.6 Å². The van der Waals surface area contributed by atoms with Crippen LogP contribution in [0.3, 0.4) is 0 Å². The average molecular weight is 799 g/mol. The molecule has 1 fully saturated rings. The number of sulfonamides is 1. The van der Waals surface area contributed by atoms with Gasteiger partial charge < -0.3 is 36.4 Å². The summed E-state index contributed by atoms with van der Waals surface area (Å²) in [6.07, 6.45) is 2.74. The molecule has 1 heterocycles. The number of aliphatic hydroxyl groups is 3. The number of phenolic OH excluding ortho intramolecular Hbond substituents is 1. The number of hydrogen-bond donors (Lipinski definition) is 7. The Kier molecular flexibility index (Phi) is 10.8. The van der Waals surface area contributed by atoms with Crippen LogP contribution < -0.4 is 20.7 Å². The summed E-state index contributed by atoms with van der Waals surface area (Å²) in [6.45, 7) is 1.40. The topological polar surface area (TPSA) is 253 Å². The molecule has 2 unspecified atom stereocenters. The molecule has 1 aromatic heterocycles. The fraction of sp³-hybridized carbons (Fsp3) is 0.325. The molecular formula is C40H42N6O10S. The Labute approximate surface area is 328 Å². The van der Waals surface area contributed by atoms with Crippen LogP contribution >= 0.6 is 0 Å². The van der Waals surface area contributed by atoms with Gasteiger partial charge in [0.25, 0.3) is 11.8 Å². The number of phenols is 1. The predicted octanol–water partition coefficient (Wildman–Crippen LogP) is 0.993. The number of aromatic hydroxyl groups is 1. The number of Topliss-reactive ketones (excluding diaryl/α,β-unsaturated/α-hetero) is 2. The number of carbonyl (C=O) groups is 4. The average Bonchev–Trinajstić information content (AvgIpc) is 3.14. The zero-order valence-corrected chi connectivity index (χ0v) is 32.6. The van der Waals surface area contributed by atoms with Gasteiger partial charge in [-0.1, -0.05) is 29.5 Å². The van der Waals surface area contributed by atoms with Crippen LogP contribution in [-0.4, -0.2) is 108 Å². The number of likely N-dealkylation sites (N-methyl/N-ethyl adjacent to an activating group) is 1. The van der Waals surface area contributed by atoms with Gasteiger partial charge in [-0.15, -0.1) is 0 Å². The smallest absolute Gasteiger partial charge is 0.255 e. The van der Waals surface area contributed by atoms with Crippen LogP contribution in [0.2, 0.25) is 0 Å². The molecule has 3 aliphatic carbocycles. The summed E-state index contributed by atoms with van der Waals surface area (Å²) in [5, 5.41) is 49.1. The lowest BCUT2D eigenvalue weighted by Gasteiger charge is -2.50. The van der Waals surface area contributed by atoms with Gasteiger partial charge in [0.05, 0.1) is 28.6 Å². The number of fused-ring (bicyclic) bond motifs is 3. The fourth-order valence-electron chi connectivity index (χ4n) is 7.87. The summed E-state index contributed by atoms with van der Waals surface area (Å²) >= 11 is 0. The van der Waals surface area contributed by atoms with Crippen molar-refractivity contribution in [2.45, 2.75) is 42.8 Å². The molecule has 8 N–H and O–H groups in total. The van der Waals surface area contributed by atoms with Crippen molar-refractivity contribution in [1.82, 2.24) is 19.9 Å². The molecule has 298 valence electrons. The number of carbonyl (C=O) groups excluding carboxylic acids is 4. The van der Waals surface area contributed by atoms with Crippen molar-refractivity contribution in [3.63, 3.8) is 0 Å². The van der Waals surface area contributed by atoms with E-state index in [1.165, 1.54) is 49.6 Å². The molecule has 4 atom stereocenters. The number of nitrogens with two attached hydrogens (primary N) is 1. The highest BCUT2D eigenvalue weighted by atomic mass is 32.2. The zero-order chi connectivity index (χ0) is 41.7. The largest absolute Gasteiger partial charge is 0.508 e. The van der Waals surface area contributed by atoms with Crippen molar-refractivity contribution in [2.75, 3.05) is 39.6 Å². The molecule has 2 aromatic carbocycles. The lowest BCUT2D eigenvalue weighted by molar-refractivity contribution is -0.153. The lowest BCUT2D eigenvalue weighted by atomic mass is 9.57. The number of ketones is 2. The maximum Gasteiger partial charge on any atom is 0.255 e. The van der Waals surface area contributed by atoms with Gasteiger partial charge in [-0.3, -0.25) is 29.1 Å². The van der Waals surface area contributed by atoms with E-state index in [2.05, 4.69) is 26.9 Å². The normalized spacial score (nSPS) is 21.6. The first-order valence-corrected chi connectivity index (χ1v) is 19.3. The molecule has 6 rings (SSSR count). The third kappa shape index (κ3) is 7.12. The standard InChI is InChI=1S/C40H42N6O10S/c1-20-8-10-25(11-9-20)57(55,56)44-12-6-7-21-13-24(18-42-17-21)39(53)43-19-23-16-28(45(2)3)26-14-22-15-27-32(46(4)5)35(49)31(38(41)52)37(51)40(27,54)36(50)29(22)34(48)30(26)33(23)47/h8-11,13,16-18,22,27,32,44,47-48,51,54H,12,14-15,19H2,1-5H3,(H2,41,52)(H,43,53)/t22?,27?,32-,40-/m0/s1. The third-order valence-corrected chi connectivity index (χ3v) is 12.0. The Morgan fingerprint density at radius 3 is 2.37 bits per heavy atom. The Morgan fingerprint density at radius 2 is 1.74 bits per heavy atom. The van der Waals surface area contributed by atoms with Crippen molar-refractivity contribution >= 4 is 44.9 Å². The van der Waals surface area contributed by atoms with Crippen molar-refractivity contribution in [2.24, 2.45) is 17.6 Å². The van der Waals surface area contributed by atoms with Gasteiger partial charge >= 0.3 is 0 Å². The van der Waals surface area contributed by atoms with E-state index in [9.17, 15) is 48.0 Å². The molecule has 1 saturated carbocycles. The van der Waals surface area contributed by atoms with Crippen molar-refractivity contribution in [1.29, 1.82) is 0 Å². The minimum atomic E-state index is -3.78. The number of pyridine rings is 1.